The zero-order chi connectivity index (χ0) is 11.7. The van der Waals surface area contributed by atoms with E-state index in [0.29, 0.717) is 23.8 Å². The van der Waals surface area contributed by atoms with Crippen molar-refractivity contribution in [3.05, 3.63) is 22.1 Å². The molecule has 0 aliphatic carbocycles. The Bertz CT molecular complexity index is 568. The van der Waals surface area contributed by atoms with Crippen LogP contribution in [0, 0.1) is 6.92 Å². The minimum absolute atomic E-state index is 0.00408. The molecule has 2 rings (SSSR count). The number of fused-ring (bicyclic) bond motifs is 1. The van der Waals surface area contributed by atoms with Gasteiger partial charge in [-0.2, -0.15) is 4.98 Å². The fourth-order valence-corrected chi connectivity index (χ4v) is 1.66. The predicted octanol–water partition coefficient (Wildman–Crippen LogP) is 0.651. The van der Waals surface area contributed by atoms with Gasteiger partial charge >= 0.3 is 0 Å². The molecule has 2 aromatic rings. The first-order chi connectivity index (χ1) is 7.67. The van der Waals surface area contributed by atoms with Crippen LogP contribution in [0.15, 0.2) is 11.0 Å². The molecule has 86 valence electrons. The second-order valence-electron chi connectivity index (χ2n) is 3.70. The Balaban J connectivity index is 2.76. The van der Waals surface area contributed by atoms with Gasteiger partial charge < -0.3 is 5.32 Å². The summed E-state index contributed by atoms with van der Waals surface area (Å²) in [5.74, 6) is 1.11. The second-order valence-corrected chi connectivity index (χ2v) is 3.70. The molecule has 0 aliphatic heterocycles. The summed E-state index contributed by atoms with van der Waals surface area (Å²) in [7, 11) is 1.75. The third-order valence-corrected chi connectivity index (χ3v) is 2.42. The number of rotatable bonds is 3. The van der Waals surface area contributed by atoms with Gasteiger partial charge in [-0.15, -0.1) is 5.10 Å². The summed E-state index contributed by atoms with van der Waals surface area (Å²) < 4.78 is 3.29. The molecule has 16 heavy (non-hydrogen) atoms. The topological polar surface area (TPSA) is 64.2 Å². The molecule has 1 N–H and O–H groups in total. The summed E-state index contributed by atoms with van der Waals surface area (Å²) in [6, 6.07) is 0. The number of hydrogen-bond acceptors (Lipinski definition) is 4. The minimum atomic E-state index is 0.00408. The van der Waals surface area contributed by atoms with Crippen LogP contribution in [-0.2, 0) is 6.54 Å². The van der Waals surface area contributed by atoms with Crippen molar-refractivity contribution < 1.29 is 0 Å². The van der Waals surface area contributed by atoms with Gasteiger partial charge in [0.2, 0.25) is 11.7 Å². The van der Waals surface area contributed by atoms with Crippen molar-refractivity contribution in [3.8, 4) is 0 Å². The highest BCUT2D eigenvalue weighted by atomic mass is 16.1. The number of nitrogens with one attached hydrogen (secondary N) is 1. The van der Waals surface area contributed by atoms with E-state index in [0.717, 1.165) is 6.42 Å². The Morgan fingerprint density at radius 3 is 2.88 bits per heavy atom. The molecule has 6 heteroatoms. The van der Waals surface area contributed by atoms with Gasteiger partial charge in [0.25, 0.3) is 5.56 Å². The van der Waals surface area contributed by atoms with E-state index in [1.807, 2.05) is 6.92 Å². The fourth-order valence-electron chi connectivity index (χ4n) is 1.66. The minimum Gasteiger partial charge on any atom is -0.356 e. The SMILES string of the molecule is CCCn1c(=O)c(C)cn2nc(NC)nc12. The lowest BCUT2D eigenvalue weighted by atomic mass is 10.3. The summed E-state index contributed by atoms with van der Waals surface area (Å²) in [5.41, 5.74) is 0.679. The van der Waals surface area contributed by atoms with Gasteiger partial charge in [-0.3, -0.25) is 9.36 Å². The molecule has 0 spiro atoms. The van der Waals surface area contributed by atoms with Crippen LogP contribution in [0.1, 0.15) is 18.9 Å². The summed E-state index contributed by atoms with van der Waals surface area (Å²) >= 11 is 0. The van der Waals surface area contributed by atoms with Gasteiger partial charge in [-0.1, -0.05) is 6.92 Å². The molecule has 6 nitrogen and oxygen atoms in total. The molecule has 0 atom stereocenters. The lowest BCUT2D eigenvalue weighted by molar-refractivity contribution is 0.646. The molecule has 2 heterocycles. The third kappa shape index (κ3) is 1.56. The molecule has 0 unspecified atom stereocenters. The van der Waals surface area contributed by atoms with E-state index in [-0.39, 0.29) is 5.56 Å². The van der Waals surface area contributed by atoms with E-state index < -0.39 is 0 Å². The average Bonchev–Trinajstić information content (AvgIpc) is 2.67. The molecule has 0 fully saturated rings. The highest BCUT2D eigenvalue weighted by Gasteiger charge is 2.10. The number of hydrogen-bond donors (Lipinski definition) is 1. The molecule has 0 aliphatic rings. The zero-order valence-corrected chi connectivity index (χ0v) is 9.69. The van der Waals surface area contributed by atoms with Crippen molar-refractivity contribution in [2.75, 3.05) is 12.4 Å². The second kappa shape index (κ2) is 3.96. The van der Waals surface area contributed by atoms with Gasteiger partial charge in [-0.05, 0) is 13.3 Å². The van der Waals surface area contributed by atoms with Crippen molar-refractivity contribution in [1.82, 2.24) is 19.2 Å². The largest absolute Gasteiger partial charge is 0.356 e. The average molecular weight is 221 g/mol. The first kappa shape index (κ1) is 10.7. The molecule has 0 saturated carbocycles. The van der Waals surface area contributed by atoms with Crippen LogP contribution in [0.3, 0.4) is 0 Å². The maximum atomic E-state index is 11.9. The molecule has 2 aromatic heterocycles. The third-order valence-electron chi connectivity index (χ3n) is 2.42. The van der Waals surface area contributed by atoms with E-state index in [1.54, 1.807) is 29.3 Å². The summed E-state index contributed by atoms with van der Waals surface area (Å²) in [6.45, 7) is 4.47. The van der Waals surface area contributed by atoms with Crippen LogP contribution in [0.25, 0.3) is 5.78 Å². The van der Waals surface area contributed by atoms with Gasteiger partial charge in [0.1, 0.15) is 0 Å². The summed E-state index contributed by atoms with van der Waals surface area (Å²) in [5, 5.41) is 7.08. The number of anilines is 1. The summed E-state index contributed by atoms with van der Waals surface area (Å²) in [6.07, 6.45) is 2.60. The quantitative estimate of drug-likeness (QED) is 0.826. The van der Waals surface area contributed by atoms with Crippen molar-refractivity contribution in [1.29, 1.82) is 0 Å². The maximum Gasteiger partial charge on any atom is 0.257 e. The van der Waals surface area contributed by atoms with Crippen molar-refractivity contribution >= 4 is 11.7 Å². The molecular weight excluding hydrogens is 206 g/mol. The van der Waals surface area contributed by atoms with Gasteiger partial charge in [-0.25, -0.2) is 4.52 Å². The van der Waals surface area contributed by atoms with Crippen molar-refractivity contribution in [3.63, 3.8) is 0 Å². The smallest absolute Gasteiger partial charge is 0.257 e. The first-order valence-corrected chi connectivity index (χ1v) is 5.32. The maximum absolute atomic E-state index is 11.9. The van der Waals surface area contributed by atoms with Crippen LogP contribution in [0.4, 0.5) is 5.95 Å². The Morgan fingerprint density at radius 1 is 1.50 bits per heavy atom. The molecule has 0 aromatic carbocycles. The van der Waals surface area contributed by atoms with Crippen LogP contribution in [0.5, 0.6) is 0 Å². The Kier molecular flexibility index (Phi) is 2.64. The predicted molar refractivity (Wildman–Crippen MR) is 61.8 cm³/mol. The van der Waals surface area contributed by atoms with Crippen molar-refractivity contribution in [2.45, 2.75) is 26.8 Å². The standard InChI is InChI=1S/C10H15N5O/c1-4-5-14-8(16)7(2)6-15-10(14)12-9(11-3)13-15/h6H,4-5H2,1-3H3,(H,11,13). The van der Waals surface area contributed by atoms with Crippen LogP contribution < -0.4 is 10.9 Å². The molecule has 0 saturated heterocycles. The Labute approximate surface area is 92.9 Å². The Hall–Kier alpha value is -1.85. The van der Waals surface area contributed by atoms with Crippen molar-refractivity contribution in [2.24, 2.45) is 0 Å². The van der Waals surface area contributed by atoms with Gasteiger partial charge in [0.15, 0.2) is 0 Å². The molecule has 0 radical (unpaired) electrons. The molecule has 0 amide bonds. The highest BCUT2D eigenvalue weighted by Crippen LogP contribution is 2.04. The van der Waals surface area contributed by atoms with E-state index in [2.05, 4.69) is 15.4 Å². The normalized spacial score (nSPS) is 10.9. The van der Waals surface area contributed by atoms with E-state index in [9.17, 15) is 4.79 Å². The Morgan fingerprint density at radius 2 is 2.25 bits per heavy atom. The fraction of sp³-hybridized carbons (Fsp3) is 0.500. The lowest BCUT2D eigenvalue weighted by Gasteiger charge is -2.05. The number of aryl methyl sites for hydroxylation is 2. The van der Waals surface area contributed by atoms with E-state index >= 15 is 0 Å². The van der Waals surface area contributed by atoms with E-state index in [4.69, 9.17) is 0 Å². The van der Waals surface area contributed by atoms with Crippen LogP contribution in [0.2, 0.25) is 0 Å². The highest BCUT2D eigenvalue weighted by molar-refractivity contribution is 5.38. The number of aromatic nitrogens is 4. The summed E-state index contributed by atoms with van der Waals surface area (Å²) in [4.78, 5) is 16.2. The van der Waals surface area contributed by atoms with E-state index in [1.165, 1.54) is 0 Å². The monoisotopic (exact) mass is 221 g/mol. The molecule has 0 bridgehead atoms. The number of nitrogens with zero attached hydrogens (tertiary/aromatic N) is 4. The van der Waals surface area contributed by atoms with Crippen LogP contribution in [-0.4, -0.2) is 26.2 Å². The lowest BCUT2D eigenvalue weighted by Crippen LogP contribution is -2.24. The van der Waals surface area contributed by atoms with Gasteiger partial charge in [0.05, 0.1) is 0 Å². The molecular formula is C10H15N5O. The van der Waals surface area contributed by atoms with Gasteiger partial charge in [0, 0.05) is 25.4 Å². The zero-order valence-electron chi connectivity index (χ0n) is 9.69. The first-order valence-electron chi connectivity index (χ1n) is 5.32. The van der Waals surface area contributed by atoms with Crippen LogP contribution >= 0.6 is 0 Å².